The third-order valence-corrected chi connectivity index (χ3v) is 7.15. The molecule has 4 nitrogen and oxygen atoms in total. The van der Waals surface area contributed by atoms with Crippen LogP contribution in [0.3, 0.4) is 0 Å². The lowest BCUT2D eigenvalue weighted by Crippen LogP contribution is -2.36. The molecule has 3 aromatic carbocycles. The van der Waals surface area contributed by atoms with E-state index in [2.05, 4.69) is 26.1 Å². The molecule has 1 amide bonds. The van der Waals surface area contributed by atoms with Crippen molar-refractivity contribution in [2.75, 3.05) is 20.1 Å². The Morgan fingerprint density at radius 3 is 2.30 bits per heavy atom. The number of carbonyl (C=O) groups excluding carboxylic acids is 1. The van der Waals surface area contributed by atoms with Crippen LogP contribution < -0.4 is 5.32 Å². The summed E-state index contributed by atoms with van der Waals surface area (Å²) in [5, 5.41) is 3.08. The quantitative estimate of drug-likeness (QED) is 0.281. The highest BCUT2D eigenvalue weighted by Gasteiger charge is 2.34. The second-order valence-corrected chi connectivity index (χ2v) is 10.2. The molecule has 0 radical (unpaired) electrons. The van der Waals surface area contributed by atoms with Crippen molar-refractivity contribution in [2.24, 2.45) is 0 Å². The van der Waals surface area contributed by atoms with Gasteiger partial charge in [-0.1, -0.05) is 52.3 Å². The Morgan fingerprint density at radius 1 is 0.919 bits per heavy atom. The van der Waals surface area contributed by atoms with Crippen LogP contribution in [0.25, 0.3) is 28.2 Å². The molecule has 0 saturated carbocycles. The van der Waals surface area contributed by atoms with Gasteiger partial charge in [0.1, 0.15) is 0 Å². The van der Waals surface area contributed by atoms with Crippen LogP contribution >= 0.6 is 15.9 Å². The lowest BCUT2D eigenvalue weighted by Gasteiger charge is -2.19. The van der Waals surface area contributed by atoms with E-state index in [1.165, 1.54) is 12.1 Å². The Labute approximate surface area is 221 Å². The highest BCUT2D eigenvalue weighted by molar-refractivity contribution is 9.10. The average molecular weight is 568 g/mol. The normalized spacial score (nSPS) is 16.2. The van der Waals surface area contributed by atoms with Gasteiger partial charge in [-0.3, -0.25) is 4.79 Å². The number of nitrogens with one attached hydrogen (secondary N) is 1. The standard InChI is InChI=1S/C29H25BrF3N3O/c1-35-16-15-23(18-35)34-28(37)21-6-4-5-20(17-21)26-14-13-25(19-9-11-22(30)12-10-19)36(26)27-8-3-2-7-24(27)29(31,32)33/h2-14,17,23H,15-16,18H2,1H3,(H,34,37)/t23-/m0/s1. The highest BCUT2D eigenvalue weighted by Crippen LogP contribution is 2.39. The number of nitrogens with zero attached hydrogens (tertiary/aromatic N) is 2. The van der Waals surface area contributed by atoms with E-state index < -0.39 is 11.7 Å². The Bertz CT molecular complexity index is 1430. The van der Waals surface area contributed by atoms with E-state index in [1.54, 1.807) is 34.9 Å². The number of alkyl halides is 3. The summed E-state index contributed by atoms with van der Waals surface area (Å²) in [6.07, 6.45) is -3.65. The molecule has 1 aromatic heterocycles. The molecular formula is C29H25BrF3N3O. The molecule has 8 heteroatoms. The number of hydrogen-bond acceptors (Lipinski definition) is 2. The molecule has 4 aromatic rings. The monoisotopic (exact) mass is 567 g/mol. The third kappa shape index (κ3) is 5.36. The van der Waals surface area contributed by atoms with Gasteiger partial charge >= 0.3 is 6.18 Å². The van der Waals surface area contributed by atoms with Gasteiger partial charge in [-0.2, -0.15) is 13.2 Å². The average Bonchev–Trinajstić information content (AvgIpc) is 3.50. The number of halogens is 4. The molecule has 1 aliphatic heterocycles. The van der Waals surface area contributed by atoms with Crippen molar-refractivity contribution >= 4 is 21.8 Å². The molecule has 0 unspecified atom stereocenters. The van der Waals surface area contributed by atoms with Crippen molar-refractivity contribution in [2.45, 2.75) is 18.6 Å². The topological polar surface area (TPSA) is 37.3 Å². The summed E-state index contributed by atoms with van der Waals surface area (Å²) in [6, 6.07) is 23.7. The number of likely N-dealkylation sites (tertiary alicyclic amines) is 1. The zero-order chi connectivity index (χ0) is 26.2. The second kappa shape index (κ2) is 10.2. The maximum absolute atomic E-state index is 14.1. The molecule has 0 bridgehead atoms. The Morgan fingerprint density at radius 2 is 1.62 bits per heavy atom. The van der Waals surface area contributed by atoms with Crippen LogP contribution in [0.15, 0.2) is 89.4 Å². The van der Waals surface area contributed by atoms with Gasteiger partial charge in [0.25, 0.3) is 5.91 Å². The summed E-state index contributed by atoms with van der Waals surface area (Å²) < 4.78 is 44.7. The van der Waals surface area contributed by atoms with Crippen molar-refractivity contribution in [1.82, 2.24) is 14.8 Å². The van der Waals surface area contributed by atoms with Crippen molar-refractivity contribution < 1.29 is 18.0 Å². The number of amides is 1. The van der Waals surface area contributed by atoms with Crippen LogP contribution in [0.4, 0.5) is 13.2 Å². The van der Waals surface area contributed by atoms with Crippen LogP contribution in [-0.4, -0.2) is 41.6 Å². The zero-order valence-electron chi connectivity index (χ0n) is 20.1. The van der Waals surface area contributed by atoms with E-state index in [0.717, 1.165) is 35.6 Å². The number of rotatable bonds is 5. The van der Waals surface area contributed by atoms with Crippen LogP contribution in [0.5, 0.6) is 0 Å². The Kier molecular flexibility index (Phi) is 6.96. The highest BCUT2D eigenvalue weighted by atomic mass is 79.9. The molecule has 2 heterocycles. The molecule has 1 fully saturated rings. The molecule has 190 valence electrons. The van der Waals surface area contributed by atoms with Gasteiger partial charge in [0, 0.05) is 22.6 Å². The van der Waals surface area contributed by atoms with Gasteiger partial charge in [0.2, 0.25) is 0 Å². The minimum atomic E-state index is -4.54. The predicted octanol–water partition coefficient (Wildman–Crippen LogP) is 7.03. The Balaban J connectivity index is 1.62. The van der Waals surface area contributed by atoms with E-state index in [4.69, 9.17) is 0 Å². The van der Waals surface area contributed by atoms with Crippen LogP contribution in [0, 0.1) is 0 Å². The molecule has 5 rings (SSSR count). The first-order chi connectivity index (χ1) is 17.7. The first kappa shape index (κ1) is 25.3. The maximum Gasteiger partial charge on any atom is 0.418 e. The lowest BCUT2D eigenvalue weighted by atomic mass is 10.1. The molecule has 1 aliphatic rings. The number of carbonyl (C=O) groups is 1. The molecular weight excluding hydrogens is 543 g/mol. The first-order valence-corrected chi connectivity index (χ1v) is 12.7. The molecule has 0 aliphatic carbocycles. The smallest absolute Gasteiger partial charge is 0.348 e. The number of benzene rings is 3. The minimum absolute atomic E-state index is 0.0248. The molecule has 0 spiro atoms. The fraction of sp³-hybridized carbons (Fsp3) is 0.207. The van der Waals surface area contributed by atoms with Crippen LogP contribution in [-0.2, 0) is 6.18 Å². The number of hydrogen-bond donors (Lipinski definition) is 1. The second-order valence-electron chi connectivity index (χ2n) is 9.26. The number of likely N-dealkylation sites (N-methyl/N-ethyl adjacent to an activating group) is 1. The van der Waals surface area contributed by atoms with Crippen LogP contribution in [0.2, 0.25) is 0 Å². The third-order valence-electron chi connectivity index (χ3n) is 6.62. The summed E-state index contributed by atoms with van der Waals surface area (Å²) in [5.41, 5.74) is 2.35. The summed E-state index contributed by atoms with van der Waals surface area (Å²) in [7, 11) is 2.02. The fourth-order valence-electron chi connectivity index (χ4n) is 4.82. The molecule has 1 saturated heterocycles. The van der Waals surface area contributed by atoms with Crippen molar-refractivity contribution in [3.05, 3.63) is 101 Å². The fourth-order valence-corrected chi connectivity index (χ4v) is 5.08. The largest absolute Gasteiger partial charge is 0.418 e. The van der Waals surface area contributed by atoms with E-state index in [9.17, 15) is 18.0 Å². The van der Waals surface area contributed by atoms with Gasteiger partial charge in [0.15, 0.2) is 0 Å². The number of aromatic nitrogens is 1. The van der Waals surface area contributed by atoms with Gasteiger partial charge in [-0.15, -0.1) is 0 Å². The van der Waals surface area contributed by atoms with E-state index in [1.807, 2.05) is 43.4 Å². The number of para-hydroxylation sites is 1. The summed E-state index contributed by atoms with van der Waals surface area (Å²) in [4.78, 5) is 15.2. The summed E-state index contributed by atoms with van der Waals surface area (Å²) >= 11 is 3.42. The van der Waals surface area contributed by atoms with Gasteiger partial charge < -0.3 is 14.8 Å². The van der Waals surface area contributed by atoms with E-state index >= 15 is 0 Å². The summed E-state index contributed by atoms with van der Waals surface area (Å²) in [5.74, 6) is -0.191. The van der Waals surface area contributed by atoms with Gasteiger partial charge in [-0.05, 0) is 79.7 Å². The summed E-state index contributed by atoms with van der Waals surface area (Å²) in [6.45, 7) is 1.72. The SMILES string of the molecule is CN1CC[C@H](NC(=O)c2cccc(-c3ccc(-c4ccc(Br)cc4)n3-c3ccccc3C(F)(F)F)c2)C1. The maximum atomic E-state index is 14.1. The van der Waals surface area contributed by atoms with Crippen molar-refractivity contribution in [1.29, 1.82) is 0 Å². The van der Waals surface area contributed by atoms with Crippen molar-refractivity contribution in [3.8, 4) is 28.2 Å². The van der Waals surface area contributed by atoms with Crippen LogP contribution in [0.1, 0.15) is 22.3 Å². The molecule has 1 atom stereocenters. The van der Waals surface area contributed by atoms with E-state index in [0.29, 0.717) is 22.5 Å². The molecule has 1 N–H and O–H groups in total. The molecule has 37 heavy (non-hydrogen) atoms. The Hall–Kier alpha value is -3.36. The minimum Gasteiger partial charge on any atom is -0.348 e. The first-order valence-electron chi connectivity index (χ1n) is 11.9. The van der Waals surface area contributed by atoms with Crippen molar-refractivity contribution in [3.63, 3.8) is 0 Å². The van der Waals surface area contributed by atoms with Gasteiger partial charge in [-0.25, -0.2) is 0 Å². The lowest BCUT2D eigenvalue weighted by molar-refractivity contribution is -0.137. The predicted molar refractivity (Wildman–Crippen MR) is 143 cm³/mol. The van der Waals surface area contributed by atoms with Gasteiger partial charge in [0.05, 0.1) is 22.6 Å². The zero-order valence-corrected chi connectivity index (χ0v) is 21.7. The van der Waals surface area contributed by atoms with E-state index in [-0.39, 0.29) is 17.6 Å².